The molecule has 0 bridgehead atoms. The van der Waals surface area contributed by atoms with Crippen LogP contribution in [0.1, 0.15) is 63.4 Å². The third-order valence-electron chi connectivity index (χ3n) is 9.99. The van der Waals surface area contributed by atoms with Crippen LogP contribution in [0.2, 0.25) is 10.0 Å². The molecule has 44 heavy (non-hydrogen) atoms. The van der Waals surface area contributed by atoms with Gasteiger partial charge in [-0.2, -0.15) is 0 Å². The number of rotatable bonds is 10. The summed E-state index contributed by atoms with van der Waals surface area (Å²) in [7, 11) is 1.75. The Bertz CT molecular complexity index is 1240. The van der Waals surface area contributed by atoms with E-state index >= 15 is 0 Å². The van der Waals surface area contributed by atoms with Crippen molar-refractivity contribution in [3.63, 3.8) is 0 Å². The Kier molecular flexibility index (Phi) is 12.0. The van der Waals surface area contributed by atoms with Crippen molar-refractivity contribution < 1.29 is 18.7 Å². The standard InChI is InChI=1S/C35H46Cl2FN3O3/c1-44-31-10-5-27(6-11-31)34(42)40-21-15-28(16-22-40)35(43)41(30-9-12-32(36)33(37)24-30)18-2-17-39-19-13-26(14-20-39)23-25-3-7-29(38)8-4-25/h3-4,7-9,12,24,26-28,31H,2,5-6,10-11,13-23H2,1H3. The number of ether oxygens (including phenoxy) is 1. The topological polar surface area (TPSA) is 53.1 Å². The summed E-state index contributed by atoms with van der Waals surface area (Å²) in [4.78, 5) is 33.5. The fourth-order valence-corrected chi connectivity index (χ4v) is 7.50. The third-order valence-corrected chi connectivity index (χ3v) is 10.7. The maximum Gasteiger partial charge on any atom is 0.230 e. The number of carbonyl (C=O) groups excluding carboxylic acids is 2. The van der Waals surface area contributed by atoms with Gasteiger partial charge in [0, 0.05) is 44.3 Å². The zero-order valence-corrected chi connectivity index (χ0v) is 27.4. The summed E-state index contributed by atoms with van der Waals surface area (Å²) >= 11 is 12.6. The van der Waals surface area contributed by atoms with Crippen molar-refractivity contribution in [2.45, 2.75) is 70.3 Å². The van der Waals surface area contributed by atoms with Gasteiger partial charge in [0.15, 0.2) is 0 Å². The maximum absolute atomic E-state index is 14.0. The van der Waals surface area contributed by atoms with Gasteiger partial charge in [-0.1, -0.05) is 35.3 Å². The number of hydrogen-bond acceptors (Lipinski definition) is 4. The fourth-order valence-electron chi connectivity index (χ4n) is 7.21. The molecule has 2 saturated heterocycles. The molecule has 2 aromatic rings. The summed E-state index contributed by atoms with van der Waals surface area (Å²) in [6, 6.07) is 12.3. The van der Waals surface area contributed by atoms with Gasteiger partial charge >= 0.3 is 0 Å². The second-order valence-corrected chi connectivity index (χ2v) is 13.7. The molecule has 0 radical (unpaired) electrons. The molecule has 2 amide bonds. The van der Waals surface area contributed by atoms with E-state index in [1.54, 1.807) is 31.4 Å². The minimum absolute atomic E-state index is 0.0781. The van der Waals surface area contributed by atoms with Gasteiger partial charge in [-0.3, -0.25) is 9.59 Å². The molecule has 3 aliphatic rings. The third kappa shape index (κ3) is 8.74. The summed E-state index contributed by atoms with van der Waals surface area (Å²) in [6.45, 7) is 4.85. The Hall–Kier alpha value is -2.19. The molecule has 3 fully saturated rings. The van der Waals surface area contributed by atoms with Gasteiger partial charge in [-0.25, -0.2) is 4.39 Å². The van der Waals surface area contributed by atoms with Gasteiger partial charge in [0.25, 0.3) is 0 Å². The second-order valence-electron chi connectivity index (χ2n) is 12.9. The predicted molar refractivity (Wildman–Crippen MR) is 175 cm³/mol. The van der Waals surface area contributed by atoms with E-state index in [1.807, 2.05) is 28.0 Å². The fraction of sp³-hybridized carbons (Fsp3) is 0.600. The lowest BCUT2D eigenvalue weighted by Gasteiger charge is -2.37. The summed E-state index contributed by atoms with van der Waals surface area (Å²) in [6.07, 6.45) is 9.37. The van der Waals surface area contributed by atoms with Crippen LogP contribution in [0.3, 0.4) is 0 Å². The number of nitrogens with zero attached hydrogens (tertiary/aromatic N) is 3. The van der Waals surface area contributed by atoms with Gasteiger partial charge in [-0.05, 0) is 126 Å². The SMILES string of the molecule is COC1CCC(C(=O)N2CCC(C(=O)N(CCCN3CCC(Cc4ccc(F)cc4)CC3)c3ccc(Cl)c(Cl)c3)CC2)CC1. The zero-order chi connectivity index (χ0) is 31.1. The van der Waals surface area contributed by atoms with Crippen molar-refractivity contribution in [3.8, 4) is 0 Å². The molecule has 0 atom stereocenters. The van der Waals surface area contributed by atoms with Crippen LogP contribution in [0.5, 0.6) is 0 Å². The van der Waals surface area contributed by atoms with Crippen molar-refractivity contribution in [3.05, 3.63) is 63.9 Å². The van der Waals surface area contributed by atoms with Crippen molar-refractivity contribution in [1.82, 2.24) is 9.80 Å². The Balaban J connectivity index is 1.12. The number of amides is 2. The highest BCUT2D eigenvalue weighted by atomic mass is 35.5. The van der Waals surface area contributed by atoms with Crippen LogP contribution in [0, 0.1) is 23.6 Å². The van der Waals surface area contributed by atoms with Crippen LogP contribution < -0.4 is 4.90 Å². The van der Waals surface area contributed by atoms with Crippen molar-refractivity contribution >= 4 is 40.7 Å². The van der Waals surface area contributed by atoms with Crippen LogP contribution >= 0.6 is 23.2 Å². The minimum atomic E-state index is -0.187. The highest BCUT2D eigenvalue weighted by Gasteiger charge is 2.35. The lowest BCUT2D eigenvalue weighted by Crippen LogP contribution is -2.47. The first-order chi connectivity index (χ1) is 21.3. The lowest BCUT2D eigenvalue weighted by atomic mass is 9.85. The van der Waals surface area contributed by atoms with E-state index in [4.69, 9.17) is 27.9 Å². The summed E-state index contributed by atoms with van der Waals surface area (Å²) in [5, 5.41) is 0.909. The summed E-state index contributed by atoms with van der Waals surface area (Å²) in [5.41, 5.74) is 1.97. The Morgan fingerprint density at radius 2 is 1.55 bits per heavy atom. The molecule has 6 nitrogen and oxygen atoms in total. The molecule has 1 saturated carbocycles. The average Bonchev–Trinajstić information content (AvgIpc) is 3.06. The van der Waals surface area contributed by atoms with E-state index in [9.17, 15) is 14.0 Å². The smallest absolute Gasteiger partial charge is 0.230 e. The van der Waals surface area contributed by atoms with Crippen molar-refractivity contribution in [2.75, 3.05) is 51.3 Å². The molecule has 0 unspecified atom stereocenters. The number of hydrogen-bond donors (Lipinski definition) is 0. The Morgan fingerprint density at radius 1 is 0.864 bits per heavy atom. The first-order valence-electron chi connectivity index (χ1n) is 16.4. The molecule has 2 heterocycles. The van der Waals surface area contributed by atoms with Gasteiger partial charge in [0.05, 0.1) is 16.1 Å². The van der Waals surface area contributed by atoms with E-state index in [0.717, 1.165) is 76.7 Å². The summed E-state index contributed by atoms with van der Waals surface area (Å²) in [5.74, 6) is 0.731. The molecular weight excluding hydrogens is 600 g/mol. The van der Waals surface area contributed by atoms with Crippen molar-refractivity contribution in [1.29, 1.82) is 0 Å². The Morgan fingerprint density at radius 3 is 2.18 bits per heavy atom. The number of piperidine rings is 2. The number of anilines is 1. The molecule has 1 aliphatic carbocycles. The first-order valence-corrected chi connectivity index (χ1v) is 17.1. The van der Waals surface area contributed by atoms with E-state index < -0.39 is 0 Å². The molecule has 2 aromatic carbocycles. The molecule has 2 aliphatic heterocycles. The Labute approximate surface area is 271 Å². The largest absolute Gasteiger partial charge is 0.381 e. The quantitative estimate of drug-likeness (QED) is 0.273. The number of carbonyl (C=O) groups is 2. The van der Waals surface area contributed by atoms with Gasteiger partial charge < -0.3 is 19.4 Å². The van der Waals surface area contributed by atoms with Crippen LogP contribution in [0.25, 0.3) is 0 Å². The van der Waals surface area contributed by atoms with Gasteiger partial charge in [-0.15, -0.1) is 0 Å². The molecule has 9 heteroatoms. The number of methoxy groups -OCH3 is 1. The van der Waals surface area contributed by atoms with Gasteiger partial charge in [0.2, 0.25) is 11.8 Å². The number of benzene rings is 2. The highest BCUT2D eigenvalue weighted by Crippen LogP contribution is 2.32. The van der Waals surface area contributed by atoms with E-state index in [0.29, 0.717) is 48.4 Å². The maximum atomic E-state index is 14.0. The predicted octanol–water partition coefficient (Wildman–Crippen LogP) is 7.25. The molecule has 5 rings (SSSR count). The van der Waals surface area contributed by atoms with E-state index in [2.05, 4.69) is 4.90 Å². The van der Waals surface area contributed by atoms with Crippen LogP contribution in [0.4, 0.5) is 10.1 Å². The van der Waals surface area contributed by atoms with Crippen molar-refractivity contribution in [2.24, 2.45) is 17.8 Å². The average molecular weight is 647 g/mol. The zero-order valence-electron chi connectivity index (χ0n) is 25.9. The number of likely N-dealkylation sites (tertiary alicyclic amines) is 2. The minimum Gasteiger partial charge on any atom is -0.381 e. The lowest BCUT2D eigenvalue weighted by molar-refractivity contribution is -0.140. The van der Waals surface area contributed by atoms with Crippen LogP contribution in [-0.2, 0) is 20.7 Å². The van der Waals surface area contributed by atoms with E-state index in [1.165, 1.54) is 5.56 Å². The van der Waals surface area contributed by atoms with Gasteiger partial charge in [0.1, 0.15) is 5.82 Å². The molecule has 0 N–H and O–H groups in total. The summed E-state index contributed by atoms with van der Waals surface area (Å²) < 4.78 is 18.7. The highest BCUT2D eigenvalue weighted by molar-refractivity contribution is 6.42. The van der Waals surface area contributed by atoms with E-state index in [-0.39, 0.29) is 35.6 Å². The van der Waals surface area contributed by atoms with Crippen LogP contribution in [0.15, 0.2) is 42.5 Å². The number of halogens is 3. The molecule has 240 valence electrons. The first kappa shape index (κ1) is 33.2. The molecule has 0 aromatic heterocycles. The second kappa shape index (κ2) is 15.9. The monoisotopic (exact) mass is 645 g/mol. The normalized spacial score (nSPS) is 22.2. The van der Waals surface area contributed by atoms with Crippen LogP contribution in [-0.4, -0.2) is 74.1 Å². The molecular formula is C35H46Cl2FN3O3. The molecule has 0 spiro atoms.